The van der Waals surface area contributed by atoms with Crippen LogP contribution >= 0.6 is 0 Å². The Morgan fingerprint density at radius 2 is 1.07 bits per heavy atom. The fourth-order valence-electron chi connectivity index (χ4n) is 2.54. The normalized spacial score (nSPS) is 9.64. The van der Waals surface area contributed by atoms with E-state index in [1.54, 1.807) is 60.7 Å². The molecule has 2 N–H and O–H groups in total. The fourth-order valence-corrected chi connectivity index (χ4v) is 2.54. The van der Waals surface area contributed by atoms with E-state index in [2.05, 4.69) is 10.6 Å². The van der Waals surface area contributed by atoms with Crippen molar-refractivity contribution in [2.24, 2.45) is 0 Å². The van der Waals surface area contributed by atoms with Gasteiger partial charge in [-0.2, -0.15) is 10.5 Å². The molecule has 0 aliphatic rings. The molecule has 0 fully saturated rings. The second-order valence-corrected chi connectivity index (χ2v) is 5.87. The summed E-state index contributed by atoms with van der Waals surface area (Å²) in [5, 5.41) is 23.4. The molecule has 0 unspecified atom stereocenters. The summed E-state index contributed by atoms with van der Waals surface area (Å²) < 4.78 is 0. The van der Waals surface area contributed by atoms with Gasteiger partial charge in [0.15, 0.2) is 0 Å². The van der Waals surface area contributed by atoms with Crippen LogP contribution in [0.2, 0.25) is 0 Å². The molecule has 28 heavy (non-hydrogen) atoms. The highest BCUT2D eigenvalue weighted by molar-refractivity contribution is 6.06. The Kier molecular flexibility index (Phi) is 5.45. The van der Waals surface area contributed by atoms with Gasteiger partial charge in [-0.3, -0.25) is 9.59 Å². The Bertz CT molecular complexity index is 1050. The fraction of sp³-hybridized carbons (Fsp3) is 0. The topological polar surface area (TPSA) is 106 Å². The molecule has 0 aliphatic heterocycles. The number of amides is 2. The maximum Gasteiger partial charge on any atom is 0.255 e. The van der Waals surface area contributed by atoms with Gasteiger partial charge in [0, 0.05) is 22.5 Å². The highest BCUT2D eigenvalue weighted by atomic mass is 16.2. The van der Waals surface area contributed by atoms with Crippen LogP contribution in [-0.2, 0) is 0 Å². The summed E-state index contributed by atoms with van der Waals surface area (Å²) in [6.45, 7) is 0. The predicted octanol–water partition coefficient (Wildman–Crippen LogP) is 3.93. The Morgan fingerprint density at radius 1 is 0.643 bits per heavy atom. The molecule has 6 nitrogen and oxygen atoms in total. The molecule has 0 atom stereocenters. The van der Waals surface area contributed by atoms with Crippen molar-refractivity contribution in [2.45, 2.75) is 0 Å². The van der Waals surface area contributed by atoms with Crippen molar-refractivity contribution in [1.82, 2.24) is 0 Å². The van der Waals surface area contributed by atoms with E-state index in [0.717, 1.165) is 0 Å². The Morgan fingerprint density at radius 3 is 1.50 bits per heavy atom. The summed E-state index contributed by atoms with van der Waals surface area (Å²) in [5.74, 6) is -0.718. The zero-order valence-corrected chi connectivity index (χ0v) is 14.6. The maximum absolute atomic E-state index is 12.4. The molecule has 0 bridgehead atoms. The predicted molar refractivity (Wildman–Crippen MR) is 105 cm³/mol. The molecule has 134 valence electrons. The molecule has 2 amide bonds. The second kappa shape index (κ2) is 8.31. The van der Waals surface area contributed by atoms with Crippen LogP contribution in [0, 0.1) is 22.7 Å². The van der Waals surface area contributed by atoms with Gasteiger partial charge in [-0.15, -0.1) is 0 Å². The van der Waals surface area contributed by atoms with E-state index in [1.165, 1.54) is 12.1 Å². The Labute approximate surface area is 161 Å². The monoisotopic (exact) mass is 366 g/mol. The van der Waals surface area contributed by atoms with E-state index in [0.29, 0.717) is 33.6 Å². The third kappa shape index (κ3) is 4.40. The number of hydrogen-bond donors (Lipinski definition) is 2. The van der Waals surface area contributed by atoms with Gasteiger partial charge in [0.25, 0.3) is 11.8 Å². The lowest BCUT2D eigenvalue weighted by atomic mass is 10.1. The van der Waals surface area contributed by atoms with E-state index in [9.17, 15) is 9.59 Å². The lowest BCUT2D eigenvalue weighted by Crippen LogP contribution is -2.14. The van der Waals surface area contributed by atoms with Gasteiger partial charge < -0.3 is 10.6 Å². The minimum absolute atomic E-state index is 0.359. The van der Waals surface area contributed by atoms with Gasteiger partial charge in [-0.25, -0.2) is 0 Å². The maximum atomic E-state index is 12.4. The molecule has 0 heterocycles. The van der Waals surface area contributed by atoms with E-state index in [-0.39, 0.29) is 11.8 Å². The van der Waals surface area contributed by atoms with Crippen LogP contribution in [0.25, 0.3) is 0 Å². The molecule has 6 heteroatoms. The molecule has 0 spiro atoms. The highest BCUT2D eigenvalue weighted by Gasteiger charge is 2.10. The number of nitriles is 2. The van der Waals surface area contributed by atoms with Crippen LogP contribution in [0.3, 0.4) is 0 Å². The van der Waals surface area contributed by atoms with Gasteiger partial charge in [-0.05, 0) is 54.6 Å². The number of carbonyl (C=O) groups is 2. The van der Waals surface area contributed by atoms with Crippen LogP contribution in [0.1, 0.15) is 31.8 Å². The van der Waals surface area contributed by atoms with Gasteiger partial charge >= 0.3 is 0 Å². The molecule has 0 saturated carbocycles. The van der Waals surface area contributed by atoms with E-state index in [4.69, 9.17) is 10.5 Å². The number of nitrogens with zero attached hydrogens (tertiary/aromatic N) is 2. The zero-order chi connectivity index (χ0) is 19.9. The molecular weight excluding hydrogens is 352 g/mol. The first kappa shape index (κ1) is 18.4. The molecule has 3 aromatic rings. The summed E-state index contributed by atoms with van der Waals surface area (Å²) in [7, 11) is 0. The van der Waals surface area contributed by atoms with E-state index in [1.807, 2.05) is 12.1 Å². The van der Waals surface area contributed by atoms with Crippen LogP contribution in [0.5, 0.6) is 0 Å². The lowest BCUT2D eigenvalue weighted by molar-refractivity contribution is 0.101. The largest absolute Gasteiger partial charge is 0.322 e. The highest BCUT2D eigenvalue weighted by Crippen LogP contribution is 2.18. The summed E-state index contributed by atoms with van der Waals surface area (Å²) in [4.78, 5) is 24.7. The minimum atomic E-state index is -0.359. The Hall–Kier alpha value is -4.42. The molecule has 0 radical (unpaired) electrons. The van der Waals surface area contributed by atoms with Crippen molar-refractivity contribution in [2.75, 3.05) is 10.6 Å². The Balaban J connectivity index is 1.73. The van der Waals surface area contributed by atoms with Gasteiger partial charge in [0.05, 0.1) is 23.3 Å². The number of carbonyl (C=O) groups excluding carboxylic acids is 2. The van der Waals surface area contributed by atoms with E-state index >= 15 is 0 Å². The molecular formula is C22H14N4O2. The first-order valence-electron chi connectivity index (χ1n) is 8.32. The van der Waals surface area contributed by atoms with Crippen molar-refractivity contribution in [3.8, 4) is 12.1 Å². The number of rotatable bonds is 4. The molecule has 0 aromatic heterocycles. The summed E-state index contributed by atoms with van der Waals surface area (Å²) in [6, 6.07) is 23.4. The third-order valence-electron chi connectivity index (χ3n) is 3.89. The molecule has 0 saturated heterocycles. The summed E-state index contributed by atoms with van der Waals surface area (Å²) >= 11 is 0. The van der Waals surface area contributed by atoms with Gasteiger partial charge in [0.2, 0.25) is 0 Å². The second-order valence-electron chi connectivity index (χ2n) is 5.87. The molecule has 0 aliphatic carbocycles. The van der Waals surface area contributed by atoms with Crippen molar-refractivity contribution >= 4 is 23.2 Å². The van der Waals surface area contributed by atoms with Crippen molar-refractivity contribution in [3.63, 3.8) is 0 Å². The zero-order valence-electron chi connectivity index (χ0n) is 14.6. The summed E-state index contributed by atoms with van der Waals surface area (Å²) in [5.41, 5.74) is 2.51. The quantitative estimate of drug-likeness (QED) is 0.729. The van der Waals surface area contributed by atoms with Crippen molar-refractivity contribution in [1.29, 1.82) is 10.5 Å². The lowest BCUT2D eigenvalue weighted by Gasteiger charge is -2.09. The summed E-state index contributed by atoms with van der Waals surface area (Å²) in [6.07, 6.45) is 0. The smallest absolute Gasteiger partial charge is 0.255 e. The number of anilines is 2. The average Bonchev–Trinajstić information content (AvgIpc) is 2.74. The van der Waals surface area contributed by atoms with Gasteiger partial charge in [-0.1, -0.05) is 18.2 Å². The van der Waals surface area contributed by atoms with Crippen molar-refractivity contribution < 1.29 is 9.59 Å². The van der Waals surface area contributed by atoms with E-state index < -0.39 is 0 Å². The van der Waals surface area contributed by atoms with Crippen molar-refractivity contribution in [3.05, 3.63) is 95.1 Å². The SMILES string of the molecule is N#Cc1cccc(C(=O)Nc2cccc(NC(=O)c3cccc(C#N)c3)c2)c1. The first-order valence-corrected chi connectivity index (χ1v) is 8.32. The van der Waals surface area contributed by atoms with Crippen LogP contribution < -0.4 is 10.6 Å². The first-order chi connectivity index (χ1) is 13.6. The van der Waals surface area contributed by atoms with Gasteiger partial charge in [0.1, 0.15) is 0 Å². The molecule has 3 rings (SSSR count). The minimum Gasteiger partial charge on any atom is -0.322 e. The molecule has 3 aromatic carbocycles. The number of nitrogens with one attached hydrogen (secondary N) is 2. The van der Waals surface area contributed by atoms with Crippen LogP contribution in [0.4, 0.5) is 11.4 Å². The number of hydrogen-bond acceptors (Lipinski definition) is 4. The van der Waals surface area contributed by atoms with Crippen LogP contribution in [-0.4, -0.2) is 11.8 Å². The standard InChI is InChI=1S/C22H14N4O2/c23-13-15-4-1-6-17(10-15)21(27)25-19-8-3-9-20(12-19)26-22(28)18-7-2-5-16(11-18)14-24/h1-12H,(H,25,27)(H,26,28). The third-order valence-corrected chi connectivity index (χ3v) is 3.89. The number of benzene rings is 3. The van der Waals surface area contributed by atoms with Crippen LogP contribution in [0.15, 0.2) is 72.8 Å². The average molecular weight is 366 g/mol.